The highest BCUT2D eigenvalue weighted by Gasteiger charge is 2.25. The Kier molecular flexibility index (Phi) is 7.54. The van der Waals surface area contributed by atoms with Crippen LogP contribution in [0.3, 0.4) is 0 Å². The van der Waals surface area contributed by atoms with Crippen molar-refractivity contribution in [2.75, 3.05) is 27.8 Å². The molecule has 2 aromatic carbocycles. The Labute approximate surface area is 174 Å². The quantitative estimate of drug-likeness (QED) is 0.673. The van der Waals surface area contributed by atoms with Crippen LogP contribution < -0.4 is 14.8 Å². The van der Waals surface area contributed by atoms with Crippen molar-refractivity contribution in [1.82, 2.24) is 9.62 Å². The lowest BCUT2D eigenvalue weighted by atomic mass is 10.2. The number of amides is 1. The summed E-state index contributed by atoms with van der Waals surface area (Å²) in [6, 6.07) is 9.34. The van der Waals surface area contributed by atoms with Crippen LogP contribution in [0.1, 0.15) is 5.56 Å². The molecule has 0 fully saturated rings. The van der Waals surface area contributed by atoms with Crippen LogP contribution in [0.4, 0.5) is 0 Å². The zero-order valence-electron chi connectivity index (χ0n) is 15.5. The number of hydrogen-bond donors (Lipinski definition) is 1. The molecule has 0 unspecified atom stereocenters. The fourth-order valence-electron chi connectivity index (χ4n) is 2.38. The molecule has 2 rings (SSSR count). The van der Waals surface area contributed by atoms with Gasteiger partial charge in [-0.05, 0) is 35.9 Å². The molecule has 0 aliphatic rings. The summed E-state index contributed by atoms with van der Waals surface area (Å²) < 4.78 is 36.6. The van der Waals surface area contributed by atoms with E-state index in [-0.39, 0.29) is 28.0 Å². The van der Waals surface area contributed by atoms with Crippen molar-refractivity contribution in [2.45, 2.75) is 11.4 Å². The fourth-order valence-corrected chi connectivity index (χ4v) is 4.24. The molecule has 0 saturated carbocycles. The highest BCUT2D eigenvalue weighted by molar-refractivity contribution is 7.89. The molecule has 10 heteroatoms. The maximum Gasteiger partial charge on any atom is 0.244 e. The summed E-state index contributed by atoms with van der Waals surface area (Å²) in [6.07, 6.45) is 0. The number of ether oxygens (including phenoxy) is 2. The Morgan fingerprint density at radius 3 is 2.39 bits per heavy atom. The van der Waals surface area contributed by atoms with Gasteiger partial charge in [-0.1, -0.05) is 29.3 Å². The largest absolute Gasteiger partial charge is 0.493 e. The molecule has 1 amide bonds. The number of likely N-dealkylation sites (N-methyl/N-ethyl adjacent to an activating group) is 1. The van der Waals surface area contributed by atoms with Gasteiger partial charge >= 0.3 is 0 Å². The molecule has 7 nitrogen and oxygen atoms in total. The van der Waals surface area contributed by atoms with E-state index in [0.29, 0.717) is 11.5 Å². The van der Waals surface area contributed by atoms with Crippen LogP contribution in [0.2, 0.25) is 10.0 Å². The molecule has 152 valence electrons. The molecule has 1 N–H and O–H groups in total. The molecular weight excluding hydrogens is 427 g/mol. The minimum Gasteiger partial charge on any atom is -0.493 e. The van der Waals surface area contributed by atoms with Gasteiger partial charge in [0.1, 0.15) is 4.90 Å². The third kappa shape index (κ3) is 5.29. The Bertz CT molecular complexity index is 966. The summed E-state index contributed by atoms with van der Waals surface area (Å²) in [5.74, 6) is 0.630. The van der Waals surface area contributed by atoms with E-state index in [2.05, 4.69) is 5.32 Å². The molecule has 0 aliphatic heterocycles. The number of carbonyl (C=O) groups excluding carboxylic acids is 1. The standard InChI is InChI=1S/C18H20Cl2N2O5S/c1-22(28(24,25)17-9-13(19)5-6-14(17)20)11-18(23)21-10-12-4-7-15(26-2)16(8-12)27-3/h4-9H,10-11H2,1-3H3,(H,21,23). The molecule has 2 aromatic rings. The number of hydrogen-bond acceptors (Lipinski definition) is 5. The van der Waals surface area contributed by atoms with E-state index < -0.39 is 15.9 Å². The van der Waals surface area contributed by atoms with Crippen molar-refractivity contribution in [3.63, 3.8) is 0 Å². The van der Waals surface area contributed by atoms with Crippen LogP contribution in [0, 0.1) is 0 Å². The number of carbonyl (C=O) groups is 1. The van der Waals surface area contributed by atoms with Gasteiger partial charge in [0.2, 0.25) is 15.9 Å². The summed E-state index contributed by atoms with van der Waals surface area (Å²) in [5, 5.41) is 2.93. The molecular formula is C18H20Cl2N2O5S. The summed E-state index contributed by atoms with van der Waals surface area (Å²) >= 11 is 11.8. The van der Waals surface area contributed by atoms with E-state index in [1.165, 1.54) is 39.5 Å². The third-order valence-electron chi connectivity index (χ3n) is 3.89. The topological polar surface area (TPSA) is 84.9 Å². The molecule has 0 aliphatic carbocycles. The monoisotopic (exact) mass is 446 g/mol. The zero-order chi connectivity index (χ0) is 20.9. The maximum absolute atomic E-state index is 12.6. The number of halogens is 2. The maximum atomic E-state index is 12.6. The van der Waals surface area contributed by atoms with E-state index in [1.807, 2.05) is 0 Å². The Morgan fingerprint density at radius 2 is 1.75 bits per heavy atom. The SMILES string of the molecule is COc1ccc(CNC(=O)CN(C)S(=O)(=O)c2cc(Cl)ccc2Cl)cc1OC. The fraction of sp³-hybridized carbons (Fsp3) is 0.278. The lowest BCUT2D eigenvalue weighted by Crippen LogP contribution is -2.38. The molecule has 0 heterocycles. The Morgan fingerprint density at radius 1 is 1.07 bits per heavy atom. The van der Waals surface area contributed by atoms with Crippen molar-refractivity contribution < 1.29 is 22.7 Å². The van der Waals surface area contributed by atoms with Gasteiger partial charge in [0, 0.05) is 18.6 Å². The van der Waals surface area contributed by atoms with Gasteiger partial charge in [-0.25, -0.2) is 8.42 Å². The highest BCUT2D eigenvalue weighted by atomic mass is 35.5. The second-order valence-electron chi connectivity index (χ2n) is 5.80. The first-order valence-corrected chi connectivity index (χ1v) is 10.3. The number of sulfonamides is 1. The van der Waals surface area contributed by atoms with Gasteiger partial charge in [0.15, 0.2) is 11.5 Å². The molecule has 0 atom stereocenters. The van der Waals surface area contributed by atoms with Crippen molar-refractivity contribution in [3.05, 3.63) is 52.0 Å². The molecule has 0 radical (unpaired) electrons. The Balaban J connectivity index is 2.03. The minimum absolute atomic E-state index is 0.0296. The third-order valence-corrected chi connectivity index (χ3v) is 6.41. The molecule has 0 bridgehead atoms. The first kappa shape index (κ1) is 22.3. The predicted molar refractivity (Wildman–Crippen MR) is 108 cm³/mol. The average molecular weight is 447 g/mol. The van der Waals surface area contributed by atoms with Crippen LogP contribution in [0.15, 0.2) is 41.3 Å². The van der Waals surface area contributed by atoms with Crippen LogP contribution >= 0.6 is 23.2 Å². The van der Waals surface area contributed by atoms with Gasteiger partial charge in [-0.3, -0.25) is 4.79 Å². The van der Waals surface area contributed by atoms with Gasteiger partial charge in [-0.2, -0.15) is 4.31 Å². The van der Waals surface area contributed by atoms with Crippen molar-refractivity contribution in [3.8, 4) is 11.5 Å². The number of benzene rings is 2. The van der Waals surface area contributed by atoms with Gasteiger partial charge < -0.3 is 14.8 Å². The first-order valence-electron chi connectivity index (χ1n) is 8.08. The highest BCUT2D eigenvalue weighted by Crippen LogP contribution is 2.28. The second-order valence-corrected chi connectivity index (χ2v) is 8.66. The first-order chi connectivity index (χ1) is 13.2. The van der Waals surface area contributed by atoms with Crippen molar-refractivity contribution >= 4 is 39.1 Å². The number of nitrogens with one attached hydrogen (secondary N) is 1. The van der Waals surface area contributed by atoms with E-state index in [9.17, 15) is 13.2 Å². The van der Waals surface area contributed by atoms with Crippen molar-refractivity contribution in [1.29, 1.82) is 0 Å². The molecule has 0 saturated heterocycles. The van der Waals surface area contributed by atoms with Gasteiger partial charge in [-0.15, -0.1) is 0 Å². The van der Waals surface area contributed by atoms with E-state index in [1.54, 1.807) is 18.2 Å². The van der Waals surface area contributed by atoms with E-state index in [0.717, 1.165) is 9.87 Å². The molecule has 0 spiro atoms. The predicted octanol–water partition coefficient (Wildman–Crippen LogP) is 2.95. The number of rotatable bonds is 8. The summed E-state index contributed by atoms with van der Waals surface area (Å²) in [6.45, 7) is -0.177. The van der Waals surface area contributed by atoms with Crippen LogP contribution in [-0.2, 0) is 21.4 Å². The summed E-state index contributed by atoms with van der Waals surface area (Å²) in [5.41, 5.74) is 0.773. The summed E-state index contributed by atoms with van der Waals surface area (Å²) in [7, 11) is 0.368. The van der Waals surface area contributed by atoms with Crippen LogP contribution in [0.25, 0.3) is 0 Å². The normalized spacial score (nSPS) is 11.4. The van der Waals surface area contributed by atoms with Gasteiger partial charge in [0.05, 0.1) is 25.8 Å². The van der Waals surface area contributed by atoms with Gasteiger partial charge in [0.25, 0.3) is 0 Å². The Hall–Kier alpha value is -2.00. The average Bonchev–Trinajstić information content (AvgIpc) is 2.67. The van der Waals surface area contributed by atoms with E-state index >= 15 is 0 Å². The van der Waals surface area contributed by atoms with Crippen LogP contribution in [0.5, 0.6) is 11.5 Å². The molecule has 28 heavy (non-hydrogen) atoms. The minimum atomic E-state index is -3.97. The molecule has 0 aromatic heterocycles. The summed E-state index contributed by atoms with van der Waals surface area (Å²) in [4.78, 5) is 12.0. The van der Waals surface area contributed by atoms with Crippen LogP contribution in [-0.4, -0.2) is 46.4 Å². The number of nitrogens with zero attached hydrogens (tertiary/aromatic N) is 1. The lowest BCUT2D eigenvalue weighted by Gasteiger charge is -2.18. The van der Waals surface area contributed by atoms with Crippen molar-refractivity contribution in [2.24, 2.45) is 0 Å². The van der Waals surface area contributed by atoms with E-state index in [4.69, 9.17) is 32.7 Å². The smallest absolute Gasteiger partial charge is 0.244 e. The zero-order valence-corrected chi connectivity index (χ0v) is 17.9. The number of methoxy groups -OCH3 is 2. The second kappa shape index (κ2) is 9.47. The lowest BCUT2D eigenvalue weighted by molar-refractivity contribution is -0.121.